The summed E-state index contributed by atoms with van der Waals surface area (Å²) >= 11 is 0. The lowest BCUT2D eigenvalue weighted by Crippen LogP contribution is -2.53. The van der Waals surface area contributed by atoms with Crippen molar-refractivity contribution in [1.29, 1.82) is 0 Å². The van der Waals surface area contributed by atoms with Crippen LogP contribution in [0.5, 0.6) is 0 Å². The van der Waals surface area contributed by atoms with Crippen LogP contribution in [0.3, 0.4) is 0 Å². The topological polar surface area (TPSA) is 95.7 Å². The van der Waals surface area contributed by atoms with Crippen LogP contribution in [0.1, 0.15) is 24.2 Å². The number of hydrogen-bond donors (Lipinski definition) is 2. The summed E-state index contributed by atoms with van der Waals surface area (Å²) in [6.07, 6.45) is 0. The molecule has 1 saturated heterocycles. The van der Waals surface area contributed by atoms with Gasteiger partial charge in [-0.1, -0.05) is 19.9 Å². The standard InChI is InChI=1S/C18H25FN4O3/c1-12(2)16(20)17(25)21-11-15(24)22-6-8-23(9-7-22)18(26)13-4-3-5-14(19)10-13/h3-5,10,12,16H,6-9,11,20H2,1-2H3,(H,21,25)/t16-/m0/s1. The third kappa shape index (κ3) is 5.01. The Kier molecular flexibility index (Phi) is 6.68. The first-order valence-corrected chi connectivity index (χ1v) is 8.65. The van der Waals surface area contributed by atoms with Gasteiger partial charge < -0.3 is 20.9 Å². The molecule has 0 unspecified atom stereocenters. The van der Waals surface area contributed by atoms with Gasteiger partial charge in [0.25, 0.3) is 5.91 Å². The Morgan fingerprint density at radius 2 is 1.77 bits per heavy atom. The van der Waals surface area contributed by atoms with Gasteiger partial charge in [0.1, 0.15) is 5.82 Å². The summed E-state index contributed by atoms with van der Waals surface area (Å²) in [5.41, 5.74) is 6.03. The van der Waals surface area contributed by atoms with E-state index in [0.29, 0.717) is 31.7 Å². The van der Waals surface area contributed by atoms with E-state index in [1.165, 1.54) is 18.2 Å². The molecule has 1 heterocycles. The summed E-state index contributed by atoms with van der Waals surface area (Å²) in [7, 11) is 0. The molecule has 7 nitrogen and oxygen atoms in total. The van der Waals surface area contributed by atoms with Gasteiger partial charge in [0.15, 0.2) is 0 Å². The Labute approximate surface area is 152 Å². The number of hydrogen-bond acceptors (Lipinski definition) is 4. The first-order chi connectivity index (χ1) is 12.3. The van der Waals surface area contributed by atoms with Crippen LogP contribution in [0.15, 0.2) is 24.3 Å². The summed E-state index contributed by atoms with van der Waals surface area (Å²) in [6, 6.07) is 4.90. The van der Waals surface area contributed by atoms with Gasteiger partial charge in [-0.15, -0.1) is 0 Å². The average molecular weight is 364 g/mol. The molecule has 142 valence electrons. The minimum atomic E-state index is -0.650. The van der Waals surface area contributed by atoms with Crippen molar-refractivity contribution < 1.29 is 18.8 Å². The smallest absolute Gasteiger partial charge is 0.254 e. The highest BCUT2D eigenvalue weighted by Crippen LogP contribution is 2.10. The van der Waals surface area contributed by atoms with E-state index in [1.807, 2.05) is 13.8 Å². The zero-order valence-corrected chi connectivity index (χ0v) is 15.1. The molecule has 0 spiro atoms. The minimum Gasteiger partial charge on any atom is -0.346 e. The van der Waals surface area contributed by atoms with Crippen molar-refractivity contribution in [2.45, 2.75) is 19.9 Å². The number of rotatable bonds is 5. The number of benzene rings is 1. The van der Waals surface area contributed by atoms with Crippen LogP contribution in [0.25, 0.3) is 0 Å². The molecule has 0 radical (unpaired) electrons. The minimum absolute atomic E-state index is 0.0116. The zero-order chi connectivity index (χ0) is 19.3. The Balaban J connectivity index is 1.81. The maximum atomic E-state index is 13.3. The zero-order valence-electron chi connectivity index (χ0n) is 15.1. The average Bonchev–Trinajstić information content (AvgIpc) is 2.64. The molecule has 1 aliphatic heterocycles. The highest BCUT2D eigenvalue weighted by molar-refractivity contribution is 5.94. The van der Waals surface area contributed by atoms with Crippen LogP contribution in [-0.4, -0.2) is 66.3 Å². The molecule has 0 bridgehead atoms. The van der Waals surface area contributed by atoms with Crippen LogP contribution >= 0.6 is 0 Å². The van der Waals surface area contributed by atoms with Gasteiger partial charge >= 0.3 is 0 Å². The van der Waals surface area contributed by atoms with E-state index in [1.54, 1.807) is 15.9 Å². The molecule has 0 aliphatic carbocycles. The number of halogens is 1. The molecule has 3 N–H and O–H groups in total. The highest BCUT2D eigenvalue weighted by atomic mass is 19.1. The van der Waals surface area contributed by atoms with Crippen LogP contribution < -0.4 is 11.1 Å². The lowest BCUT2D eigenvalue weighted by atomic mass is 10.1. The lowest BCUT2D eigenvalue weighted by Gasteiger charge is -2.35. The fourth-order valence-corrected chi connectivity index (χ4v) is 2.66. The lowest BCUT2D eigenvalue weighted by molar-refractivity contribution is -0.134. The molecule has 1 aromatic rings. The summed E-state index contributed by atoms with van der Waals surface area (Å²) in [5, 5.41) is 2.55. The normalized spacial score (nSPS) is 15.7. The molecule has 0 aromatic heterocycles. The first kappa shape index (κ1) is 19.8. The largest absolute Gasteiger partial charge is 0.346 e. The van der Waals surface area contributed by atoms with Gasteiger partial charge in [0.2, 0.25) is 11.8 Å². The molecular weight excluding hydrogens is 339 g/mol. The van der Waals surface area contributed by atoms with Gasteiger partial charge in [0, 0.05) is 31.7 Å². The Morgan fingerprint density at radius 3 is 2.35 bits per heavy atom. The highest BCUT2D eigenvalue weighted by Gasteiger charge is 2.26. The Bertz CT molecular complexity index is 672. The second-order valence-electron chi connectivity index (χ2n) is 6.67. The van der Waals surface area contributed by atoms with E-state index in [9.17, 15) is 18.8 Å². The number of carbonyl (C=O) groups excluding carboxylic acids is 3. The van der Waals surface area contributed by atoms with E-state index in [-0.39, 0.29) is 30.2 Å². The van der Waals surface area contributed by atoms with Crippen LogP contribution in [-0.2, 0) is 9.59 Å². The summed E-state index contributed by atoms with van der Waals surface area (Å²) in [6.45, 7) is 5.01. The SMILES string of the molecule is CC(C)[C@H](N)C(=O)NCC(=O)N1CCN(C(=O)c2cccc(F)c2)CC1. The predicted molar refractivity (Wildman–Crippen MR) is 94.7 cm³/mol. The third-order valence-corrected chi connectivity index (χ3v) is 4.43. The van der Waals surface area contributed by atoms with Crippen LogP contribution in [0, 0.1) is 11.7 Å². The number of carbonyl (C=O) groups is 3. The summed E-state index contributed by atoms with van der Waals surface area (Å²) < 4.78 is 13.3. The number of piperazine rings is 1. The number of nitrogens with zero attached hydrogens (tertiary/aromatic N) is 2. The van der Waals surface area contributed by atoms with Crippen LogP contribution in [0.4, 0.5) is 4.39 Å². The van der Waals surface area contributed by atoms with Gasteiger partial charge in [0.05, 0.1) is 12.6 Å². The monoisotopic (exact) mass is 364 g/mol. The van der Waals surface area contributed by atoms with Crippen molar-refractivity contribution in [3.63, 3.8) is 0 Å². The molecule has 1 aliphatic rings. The molecular formula is C18H25FN4O3. The second kappa shape index (κ2) is 8.75. The number of nitrogens with two attached hydrogens (primary N) is 1. The second-order valence-corrected chi connectivity index (χ2v) is 6.67. The molecule has 26 heavy (non-hydrogen) atoms. The molecule has 1 atom stereocenters. The molecule has 2 rings (SSSR count). The maximum absolute atomic E-state index is 13.3. The van der Waals surface area contributed by atoms with E-state index >= 15 is 0 Å². The summed E-state index contributed by atoms with van der Waals surface area (Å²) in [4.78, 5) is 39.6. The van der Waals surface area contributed by atoms with Crippen molar-refractivity contribution >= 4 is 17.7 Å². The van der Waals surface area contributed by atoms with E-state index < -0.39 is 11.9 Å². The number of nitrogens with one attached hydrogen (secondary N) is 1. The van der Waals surface area contributed by atoms with E-state index in [0.717, 1.165) is 0 Å². The van der Waals surface area contributed by atoms with Crippen molar-refractivity contribution in [2.24, 2.45) is 11.7 Å². The fourth-order valence-electron chi connectivity index (χ4n) is 2.66. The van der Waals surface area contributed by atoms with E-state index in [4.69, 9.17) is 5.73 Å². The maximum Gasteiger partial charge on any atom is 0.254 e. The van der Waals surface area contributed by atoms with E-state index in [2.05, 4.69) is 5.32 Å². The quantitative estimate of drug-likeness (QED) is 0.781. The first-order valence-electron chi connectivity index (χ1n) is 8.65. The Morgan fingerprint density at radius 1 is 1.15 bits per heavy atom. The van der Waals surface area contributed by atoms with Crippen molar-refractivity contribution in [3.05, 3.63) is 35.6 Å². The molecule has 8 heteroatoms. The molecule has 3 amide bonds. The predicted octanol–water partition coefficient (Wildman–Crippen LogP) is 0.210. The van der Waals surface area contributed by atoms with Gasteiger partial charge in [-0.25, -0.2) is 4.39 Å². The molecule has 0 saturated carbocycles. The van der Waals surface area contributed by atoms with Crippen molar-refractivity contribution in [1.82, 2.24) is 15.1 Å². The number of amides is 3. The van der Waals surface area contributed by atoms with Gasteiger partial charge in [-0.3, -0.25) is 14.4 Å². The van der Waals surface area contributed by atoms with Crippen molar-refractivity contribution in [2.75, 3.05) is 32.7 Å². The Hall–Kier alpha value is -2.48. The third-order valence-electron chi connectivity index (χ3n) is 4.43. The fraction of sp³-hybridized carbons (Fsp3) is 0.500. The van der Waals surface area contributed by atoms with Crippen LogP contribution in [0.2, 0.25) is 0 Å². The van der Waals surface area contributed by atoms with Gasteiger partial charge in [-0.05, 0) is 24.1 Å². The summed E-state index contributed by atoms with van der Waals surface area (Å²) in [5.74, 6) is -1.30. The molecule has 1 aromatic carbocycles. The van der Waals surface area contributed by atoms with Crippen molar-refractivity contribution in [3.8, 4) is 0 Å². The van der Waals surface area contributed by atoms with Gasteiger partial charge in [-0.2, -0.15) is 0 Å². The molecule has 1 fully saturated rings.